The fraction of sp³-hybridized carbons (Fsp3) is 0.278. The molecule has 0 aliphatic carbocycles. The van der Waals surface area contributed by atoms with Gasteiger partial charge >= 0.3 is 6.36 Å². The molecule has 0 aliphatic rings. The first-order valence-electron chi connectivity index (χ1n) is 8.20. The van der Waals surface area contributed by atoms with Gasteiger partial charge in [0, 0.05) is 10.7 Å². The number of ether oxygens (including phenoxy) is 1. The lowest BCUT2D eigenvalue weighted by molar-refractivity contribution is -0.274. The van der Waals surface area contributed by atoms with Crippen molar-refractivity contribution in [1.82, 2.24) is 0 Å². The third kappa shape index (κ3) is 6.26. The van der Waals surface area contributed by atoms with E-state index < -0.39 is 34.1 Å². The lowest BCUT2D eigenvalue weighted by Gasteiger charge is -2.28. The average molecular weight is 451 g/mol. The number of anilines is 2. The standard InChI is InChI=1S/C18H18ClF3N2O4S/c1-11-4-7-14(10-16(11)19)24(29(3,26)27)12(2)17(25)23-13-5-8-15(9-6-13)28-18(20,21)22/h4-10,12H,1-3H3,(H,23,25). The number of carbonyl (C=O) groups is 1. The minimum Gasteiger partial charge on any atom is -0.406 e. The lowest BCUT2D eigenvalue weighted by atomic mass is 10.2. The topological polar surface area (TPSA) is 75.7 Å². The van der Waals surface area contributed by atoms with Gasteiger partial charge in [-0.2, -0.15) is 0 Å². The number of halogens is 4. The normalized spacial score (nSPS) is 12.9. The van der Waals surface area contributed by atoms with Gasteiger partial charge in [-0.25, -0.2) is 8.42 Å². The molecule has 1 amide bonds. The maximum Gasteiger partial charge on any atom is 0.573 e. The summed E-state index contributed by atoms with van der Waals surface area (Å²) in [5.74, 6) is -1.13. The molecule has 11 heteroatoms. The molecule has 2 aromatic carbocycles. The van der Waals surface area contributed by atoms with Crippen LogP contribution in [0.1, 0.15) is 12.5 Å². The Morgan fingerprint density at radius 3 is 2.24 bits per heavy atom. The van der Waals surface area contributed by atoms with Crippen LogP contribution in [0.2, 0.25) is 5.02 Å². The van der Waals surface area contributed by atoms with Crippen molar-refractivity contribution in [3.05, 3.63) is 53.1 Å². The average Bonchev–Trinajstić information content (AvgIpc) is 2.57. The van der Waals surface area contributed by atoms with E-state index in [1.165, 1.54) is 31.2 Å². The Labute approximate surface area is 171 Å². The first-order valence-corrected chi connectivity index (χ1v) is 10.4. The molecule has 0 bridgehead atoms. The number of hydrogen-bond donors (Lipinski definition) is 1. The van der Waals surface area contributed by atoms with E-state index in [0.717, 1.165) is 28.3 Å². The van der Waals surface area contributed by atoms with Crippen LogP contribution in [-0.4, -0.2) is 33.0 Å². The summed E-state index contributed by atoms with van der Waals surface area (Å²) >= 11 is 6.07. The van der Waals surface area contributed by atoms with Crippen molar-refractivity contribution in [3.63, 3.8) is 0 Å². The van der Waals surface area contributed by atoms with Crippen LogP contribution in [0, 0.1) is 6.92 Å². The Morgan fingerprint density at radius 2 is 1.76 bits per heavy atom. The Morgan fingerprint density at radius 1 is 1.17 bits per heavy atom. The van der Waals surface area contributed by atoms with Gasteiger partial charge in [-0.3, -0.25) is 9.10 Å². The highest BCUT2D eigenvalue weighted by Crippen LogP contribution is 2.28. The Balaban J connectivity index is 2.22. The summed E-state index contributed by atoms with van der Waals surface area (Å²) < 4.78 is 65.9. The zero-order valence-corrected chi connectivity index (χ0v) is 17.2. The van der Waals surface area contributed by atoms with Crippen LogP contribution in [-0.2, 0) is 14.8 Å². The smallest absolute Gasteiger partial charge is 0.406 e. The monoisotopic (exact) mass is 450 g/mol. The van der Waals surface area contributed by atoms with Crippen LogP contribution >= 0.6 is 11.6 Å². The zero-order valence-electron chi connectivity index (χ0n) is 15.6. The van der Waals surface area contributed by atoms with Crippen LogP contribution in [0.4, 0.5) is 24.5 Å². The van der Waals surface area contributed by atoms with Crippen molar-refractivity contribution in [1.29, 1.82) is 0 Å². The summed E-state index contributed by atoms with van der Waals surface area (Å²) in [6.45, 7) is 3.13. The molecule has 0 aliphatic heterocycles. The second-order valence-electron chi connectivity index (χ2n) is 6.23. The number of hydrogen-bond acceptors (Lipinski definition) is 4. The molecule has 2 rings (SSSR count). The molecule has 0 spiro atoms. The molecular formula is C18H18ClF3N2O4S. The summed E-state index contributed by atoms with van der Waals surface area (Å²) in [5.41, 5.74) is 1.12. The molecule has 29 heavy (non-hydrogen) atoms. The minimum absolute atomic E-state index is 0.173. The number of nitrogens with one attached hydrogen (secondary N) is 1. The maximum absolute atomic E-state index is 12.6. The Kier molecular flexibility index (Phi) is 6.69. The van der Waals surface area contributed by atoms with E-state index in [-0.39, 0.29) is 11.4 Å². The fourth-order valence-electron chi connectivity index (χ4n) is 2.51. The van der Waals surface area contributed by atoms with Crippen LogP contribution in [0.5, 0.6) is 5.75 Å². The van der Waals surface area contributed by atoms with Gasteiger partial charge < -0.3 is 10.1 Å². The lowest BCUT2D eigenvalue weighted by Crippen LogP contribution is -2.45. The summed E-state index contributed by atoms with van der Waals surface area (Å²) in [6.07, 6.45) is -3.88. The first kappa shape index (κ1) is 22.8. The Bertz CT molecular complexity index is 995. The SMILES string of the molecule is Cc1ccc(N(C(C)C(=O)Nc2ccc(OC(F)(F)F)cc2)S(C)(=O)=O)cc1Cl. The van der Waals surface area contributed by atoms with E-state index in [4.69, 9.17) is 11.6 Å². The van der Waals surface area contributed by atoms with Crippen molar-refractivity contribution in [2.75, 3.05) is 15.9 Å². The highest BCUT2D eigenvalue weighted by atomic mass is 35.5. The second-order valence-corrected chi connectivity index (χ2v) is 8.50. The number of rotatable bonds is 6. The third-order valence-electron chi connectivity index (χ3n) is 3.85. The van der Waals surface area contributed by atoms with E-state index in [2.05, 4.69) is 10.1 Å². The van der Waals surface area contributed by atoms with E-state index in [1.807, 2.05) is 0 Å². The van der Waals surface area contributed by atoms with E-state index >= 15 is 0 Å². The third-order valence-corrected chi connectivity index (χ3v) is 5.50. The number of nitrogens with zero attached hydrogens (tertiary/aromatic N) is 1. The quantitative estimate of drug-likeness (QED) is 0.710. The number of alkyl halides is 3. The first-order chi connectivity index (χ1) is 13.3. The number of amides is 1. The van der Waals surface area contributed by atoms with Crippen LogP contribution in [0.15, 0.2) is 42.5 Å². The van der Waals surface area contributed by atoms with Gasteiger partial charge in [0.25, 0.3) is 0 Å². The number of aryl methyl sites for hydroxylation is 1. The molecule has 1 N–H and O–H groups in total. The molecular weight excluding hydrogens is 433 g/mol. The summed E-state index contributed by atoms with van der Waals surface area (Å²) in [7, 11) is -3.84. The summed E-state index contributed by atoms with van der Waals surface area (Å²) in [4.78, 5) is 12.6. The molecule has 0 saturated carbocycles. The van der Waals surface area contributed by atoms with Crippen molar-refractivity contribution >= 4 is 38.9 Å². The largest absolute Gasteiger partial charge is 0.573 e. The van der Waals surface area contributed by atoms with Crippen molar-refractivity contribution in [2.45, 2.75) is 26.3 Å². The molecule has 1 unspecified atom stereocenters. The van der Waals surface area contributed by atoms with E-state index in [9.17, 15) is 26.4 Å². The van der Waals surface area contributed by atoms with Gasteiger partial charge in [0.05, 0.1) is 11.9 Å². The Hall–Kier alpha value is -2.46. The van der Waals surface area contributed by atoms with Crippen molar-refractivity contribution in [3.8, 4) is 5.75 Å². The minimum atomic E-state index is -4.83. The molecule has 0 saturated heterocycles. The van der Waals surface area contributed by atoms with E-state index in [0.29, 0.717) is 5.02 Å². The van der Waals surface area contributed by atoms with Crippen molar-refractivity contribution < 1.29 is 31.1 Å². The predicted octanol–water partition coefficient (Wildman–Crippen LogP) is 4.34. The van der Waals surface area contributed by atoms with Crippen molar-refractivity contribution in [2.24, 2.45) is 0 Å². The molecule has 0 heterocycles. The molecule has 0 fully saturated rings. The molecule has 6 nitrogen and oxygen atoms in total. The van der Waals surface area contributed by atoms with Gasteiger partial charge in [0.2, 0.25) is 15.9 Å². The van der Waals surface area contributed by atoms with Gasteiger partial charge in [-0.05, 0) is 55.8 Å². The highest BCUT2D eigenvalue weighted by molar-refractivity contribution is 7.92. The van der Waals surface area contributed by atoms with Crippen LogP contribution in [0.25, 0.3) is 0 Å². The zero-order chi connectivity index (χ0) is 22.0. The predicted molar refractivity (Wildman–Crippen MR) is 105 cm³/mol. The molecule has 0 radical (unpaired) electrons. The van der Waals surface area contributed by atoms with Gasteiger partial charge in [0.15, 0.2) is 0 Å². The number of carbonyl (C=O) groups excluding carboxylic acids is 1. The fourth-order valence-corrected chi connectivity index (χ4v) is 3.86. The number of sulfonamides is 1. The molecule has 1 atom stereocenters. The van der Waals surface area contributed by atoms with Gasteiger partial charge in [-0.1, -0.05) is 17.7 Å². The summed E-state index contributed by atoms with van der Waals surface area (Å²) in [6, 6.07) is 7.90. The highest BCUT2D eigenvalue weighted by Gasteiger charge is 2.31. The summed E-state index contributed by atoms with van der Waals surface area (Å²) in [5, 5.41) is 2.80. The van der Waals surface area contributed by atoms with Gasteiger partial charge in [-0.15, -0.1) is 13.2 Å². The molecule has 0 aromatic heterocycles. The maximum atomic E-state index is 12.6. The molecule has 158 valence electrons. The van der Waals surface area contributed by atoms with E-state index in [1.54, 1.807) is 13.0 Å². The van der Waals surface area contributed by atoms with Crippen LogP contribution in [0.3, 0.4) is 0 Å². The number of benzene rings is 2. The second kappa shape index (κ2) is 8.50. The van der Waals surface area contributed by atoms with Gasteiger partial charge in [0.1, 0.15) is 11.8 Å². The van der Waals surface area contributed by atoms with Crippen LogP contribution < -0.4 is 14.4 Å². The molecule has 2 aromatic rings.